The van der Waals surface area contributed by atoms with Crippen LogP contribution in [0.5, 0.6) is 5.75 Å². The Bertz CT molecular complexity index is 1230. The molecule has 9 heteroatoms. The van der Waals surface area contributed by atoms with Gasteiger partial charge in [-0.1, -0.05) is 70.1 Å². The van der Waals surface area contributed by atoms with Gasteiger partial charge in [-0.05, 0) is 59.7 Å². The number of nitriles is 1. The molecule has 0 aliphatic heterocycles. The molecule has 0 bridgehead atoms. The first-order valence-electron chi connectivity index (χ1n) is 9.01. The maximum Gasteiger partial charge on any atom is 0.266 e. The average Bonchev–Trinajstić information content (AvgIpc) is 2.73. The summed E-state index contributed by atoms with van der Waals surface area (Å²) in [5.74, 6) is -0.333. The Hall–Kier alpha value is -2.39. The molecule has 1 amide bonds. The number of hydrogen-bond acceptors (Lipinski definition) is 3. The number of nitrogens with one attached hydrogen (secondary N) is 1. The largest absolute Gasteiger partial charge is 0.486 e. The van der Waals surface area contributed by atoms with Gasteiger partial charge < -0.3 is 10.1 Å². The number of halogens is 5. The van der Waals surface area contributed by atoms with Gasteiger partial charge in [0.05, 0.1) is 20.1 Å². The topological polar surface area (TPSA) is 62.1 Å². The molecule has 0 aromatic heterocycles. The van der Waals surface area contributed by atoms with Gasteiger partial charge in [-0.3, -0.25) is 4.79 Å². The second-order valence-electron chi connectivity index (χ2n) is 6.49. The van der Waals surface area contributed by atoms with Crippen molar-refractivity contribution in [2.24, 2.45) is 0 Å². The van der Waals surface area contributed by atoms with Crippen molar-refractivity contribution in [3.8, 4) is 11.8 Å². The Morgan fingerprint density at radius 3 is 2.28 bits per heavy atom. The van der Waals surface area contributed by atoms with Gasteiger partial charge in [0.1, 0.15) is 18.2 Å². The monoisotopic (exact) mass is 524 g/mol. The van der Waals surface area contributed by atoms with Crippen LogP contribution in [0.3, 0.4) is 0 Å². The molecule has 0 spiro atoms. The molecule has 32 heavy (non-hydrogen) atoms. The van der Waals surface area contributed by atoms with Gasteiger partial charge in [0, 0.05) is 10.7 Å². The van der Waals surface area contributed by atoms with Crippen LogP contribution in [0.1, 0.15) is 11.1 Å². The minimum absolute atomic E-state index is 0.137. The fourth-order valence-electron chi connectivity index (χ4n) is 2.67. The van der Waals surface area contributed by atoms with E-state index in [1.54, 1.807) is 54.6 Å². The normalized spacial score (nSPS) is 11.1. The van der Waals surface area contributed by atoms with Crippen LogP contribution in [-0.2, 0) is 11.4 Å². The lowest BCUT2D eigenvalue weighted by Gasteiger charge is -2.12. The van der Waals surface area contributed by atoms with Crippen molar-refractivity contribution < 1.29 is 9.53 Å². The summed E-state index contributed by atoms with van der Waals surface area (Å²) in [6, 6.07) is 16.7. The van der Waals surface area contributed by atoms with Crippen LogP contribution in [0.2, 0.25) is 25.1 Å². The van der Waals surface area contributed by atoms with Gasteiger partial charge in [0.2, 0.25) is 0 Å². The number of benzene rings is 3. The summed E-state index contributed by atoms with van der Waals surface area (Å²) in [6.07, 6.45) is 1.38. The summed E-state index contributed by atoms with van der Waals surface area (Å²) < 4.78 is 5.73. The van der Waals surface area contributed by atoms with E-state index in [0.717, 1.165) is 5.56 Å². The summed E-state index contributed by atoms with van der Waals surface area (Å²) >= 11 is 30.5. The van der Waals surface area contributed by atoms with E-state index in [-0.39, 0.29) is 28.0 Å². The zero-order valence-corrected chi connectivity index (χ0v) is 19.9. The van der Waals surface area contributed by atoms with E-state index < -0.39 is 5.91 Å². The highest BCUT2D eigenvalue weighted by Gasteiger charge is 2.14. The highest BCUT2D eigenvalue weighted by Crippen LogP contribution is 2.36. The third-order valence-electron chi connectivity index (χ3n) is 4.15. The molecule has 0 radical (unpaired) electrons. The van der Waals surface area contributed by atoms with Crippen LogP contribution in [0.4, 0.5) is 5.69 Å². The predicted octanol–water partition coefficient (Wildman–Crippen LogP) is 8.08. The highest BCUT2D eigenvalue weighted by atomic mass is 35.5. The maximum absolute atomic E-state index is 12.5. The van der Waals surface area contributed by atoms with E-state index >= 15 is 0 Å². The van der Waals surface area contributed by atoms with Crippen molar-refractivity contribution in [1.82, 2.24) is 0 Å². The molecule has 0 saturated carbocycles. The first kappa shape index (κ1) is 24.3. The Kier molecular flexibility index (Phi) is 8.31. The number of ether oxygens (including phenoxy) is 1. The zero-order valence-electron chi connectivity index (χ0n) is 16.1. The summed E-state index contributed by atoms with van der Waals surface area (Å²) in [7, 11) is 0. The first-order chi connectivity index (χ1) is 15.3. The minimum atomic E-state index is -0.595. The van der Waals surface area contributed by atoms with Crippen LogP contribution < -0.4 is 10.1 Å². The number of nitrogens with zero attached hydrogens (tertiary/aromatic N) is 1. The molecule has 0 fully saturated rings. The summed E-state index contributed by atoms with van der Waals surface area (Å²) in [6.45, 7) is 0.164. The molecular formula is C23H13Cl5N2O2. The molecule has 0 atom stereocenters. The predicted molar refractivity (Wildman–Crippen MR) is 131 cm³/mol. The van der Waals surface area contributed by atoms with Gasteiger partial charge in [0.25, 0.3) is 5.91 Å². The van der Waals surface area contributed by atoms with Gasteiger partial charge in [0.15, 0.2) is 5.75 Å². The Balaban J connectivity index is 1.77. The molecule has 3 rings (SSSR count). The SMILES string of the molecule is N#C/C(=C\c1cc(Cl)c(OCc2ccc(Cl)c(Cl)c2)c(Cl)c1)C(=O)Nc1cccc(Cl)c1. The first-order valence-corrected chi connectivity index (χ1v) is 10.9. The van der Waals surface area contributed by atoms with Crippen molar-refractivity contribution in [3.63, 3.8) is 0 Å². The molecule has 0 unspecified atom stereocenters. The molecule has 162 valence electrons. The lowest BCUT2D eigenvalue weighted by atomic mass is 10.1. The Labute approximate surface area is 209 Å². The molecule has 0 heterocycles. The number of hydrogen-bond donors (Lipinski definition) is 1. The lowest BCUT2D eigenvalue weighted by Crippen LogP contribution is -2.13. The Morgan fingerprint density at radius 2 is 1.66 bits per heavy atom. The maximum atomic E-state index is 12.5. The number of rotatable bonds is 6. The quantitative estimate of drug-likeness (QED) is 0.261. The van der Waals surface area contributed by atoms with E-state index in [0.29, 0.717) is 26.3 Å². The van der Waals surface area contributed by atoms with Crippen LogP contribution in [0.15, 0.2) is 60.2 Å². The number of carbonyl (C=O) groups excluding carboxylic acids is 1. The Morgan fingerprint density at radius 1 is 0.938 bits per heavy atom. The molecule has 0 aliphatic rings. The van der Waals surface area contributed by atoms with Crippen LogP contribution in [0, 0.1) is 11.3 Å². The van der Waals surface area contributed by atoms with Crippen molar-refractivity contribution >= 4 is 75.7 Å². The molecule has 3 aromatic carbocycles. The average molecular weight is 527 g/mol. The van der Waals surface area contributed by atoms with Gasteiger partial charge >= 0.3 is 0 Å². The third-order valence-corrected chi connectivity index (χ3v) is 5.68. The second kappa shape index (κ2) is 11.0. The van der Waals surface area contributed by atoms with Gasteiger partial charge in [-0.15, -0.1) is 0 Å². The van der Waals surface area contributed by atoms with Gasteiger partial charge in [-0.25, -0.2) is 0 Å². The highest BCUT2D eigenvalue weighted by molar-refractivity contribution is 6.42. The van der Waals surface area contributed by atoms with Crippen LogP contribution >= 0.6 is 58.0 Å². The summed E-state index contributed by atoms with van der Waals surface area (Å²) in [4.78, 5) is 12.5. The van der Waals surface area contributed by atoms with E-state index in [1.807, 2.05) is 6.07 Å². The number of carbonyl (C=O) groups is 1. The van der Waals surface area contributed by atoms with Crippen molar-refractivity contribution in [3.05, 3.63) is 96.4 Å². The van der Waals surface area contributed by atoms with Crippen LogP contribution in [-0.4, -0.2) is 5.91 Å². The molecule has 4 nitrogen and oxygen atoms in total. The molecule has 1 N–H and O–H groups in total. The number of amides is 1. The van der Waals surface area contributed by atoms with E-state index in [2.05, 4.69) is 5.32 Å². The van der Waals surface area contributed by atoms with Gasteiger partial charge in [-0.2, -0.15) is 5.26 Å². The zero-order chi connectivity index (χ0) is 23.3. The second-order valence-corrected chi connectivity index (χ2v) is 8.55. The molecular weight excluding hydrogens is 514 g/mol. The van der Waals surface area contributed by atoms with Crippen LogP contribution in [0.25, 0.3) is 6.08 Å². The van der Waals surface area contributed by atoms with E-state index in [1.165, 1.54) is 6.08 Å². The fraction of sp³-hybridized carbons (Fsp3) is 0.0435. The smallest absolute Gasteiger partial charge is 0.266 e. The molecule has 3 aromatic rings. The summed E-state index contributed by atoms with van der Waals surface area (Å²) in [5.41, 5.74) is 1.56. The number of anilines is 1. The standard InChI is InChI=1S/C23H13Cl5N2O2/c24-16-2-1-3-17(10-16)30-23(31)15(11-29)6-14-8-20(27)22(21(28)9-14)32-12-13-4-5-18(25)19(26)7-13/h1-10H,12H2,(H,30,31)/b15-6+. The van der Waals surface area contributed by atoms with E-state index in [4.69, 9.17) is 62.7 Å². The minimum Gasteiger partial charge on any atom is -0.486 e. The third kappa shape index (κ3) is 6.32. The summed E-state index contributed by atoms with van der Waals surface area (Å²) in [5, 5.41) is 13.8. The fourth-order valence-corrected chi connectivity index (χ4v) is 3.79. The van der Waals surface area contributed by atoms with E-state index in [9.17, 15) is 10.1 Å². The molecule has 0 saturated heterocycles. The molecule has 0 aliphatic carbocycles. The van der Waals surface area contributed by atoms with Crippen molar-refractivity contribution in [2.45, 2.75) is 6.61 Å². The van der Waals surface area contributed by atoms with Crippen molar-refractivity contribution in [1.29, 1.82) is 5.26 Å². The lowest BCUT2D eigenvalue weighted by molar-refractivity contribution is -0.112. The van der Waals surface area contributed by atoms with Crippen molar-refractivity contribution in [2.75, 3.05) is 5.32 Å².